The lowest BCUT2D eigenvalue weighted by Crippen LogP contribution is -2.47. The average molecular weight is 251 g/mol. The number of amides is 1. The highest BCUT2D eigenvalue weighted by atomic mass is 16.4. The summed E-state index contributed by atoms with van der Waals surface area (Å²) in [5.41, 5.74) is -0.228. The first-order valence-electron chi connectivity index (χ1n) is 5.97. The zero-order valence-electron chi connectivity index (χ0n) is 10.0. The third kappa shape index (κ3) is 2.73. The van der Waals surface area contributed by atoms with Gasteiger partial charge in [-0.25, -0.2) is 4.79 Å². The van der Waals surface area contributed by atoms with Gasteiger partial charge >= 0.3 is 6.09 Å². The number of benzene rings is 1. The van der Waals surface area contributed by atoms with E-state index < -0.39 is 11.7 Å². The van der Waals surface area contributed by atoms with Crippen LogP contribution in [0, 0.1) is 0 Å². The SMILES string of the molecule is O=C(O)N1CCC(O)(Cc2ccccc2O)CC1. The van der Waals surface area contributed by atoms with Crippen molar-refractivity contribution in [3.63, 3.8) is 0 Å². The number of phenolic OH excluding ortho intramolecular Hbond substituents is 1. The van der Waals surface area contributed by atoms with Gasteiger partial charge in [-0.05, 0) is 24.5 Å². The van der Waals surface area contributed by atoms with Gasteiger partial charge in [0, 0.05) is 19.5 Å². The number of para-hydroxylation sites is 1. The molecule has 1 aliphatic heterocycles. The highest BCUT2D eigenvalue weighted by Crippen LogP contribution is 2.29. The number of piperidine rings is 1. The molecule has 0 aliphatic carbocycles. The lowest BCUT2D eigenvalue weighted by molar-refractivity contribution is -0.0166. The Morgan fingerprint density at radius 2 is 1.89 bits per heavy atom. The molecule has 2 rings (SSSR count). The molecule has 0 atom stereocenters. The Balaban J connectivity index is 2.02. The second-order valence-corrected chi connectivity index (χ2v) is 4.80. The molecule has 18 heavy (non-hydrogen) atoms. The van der Waals surface area contributed by atoms with Gasteiger partial charge in [0.2, 0.25) is 0 Å². The summed E-state index contributed by atoms with van der Waals surface area (Å²) in [7, 11) is 0. The Morgan fingerprint density at radius 1 is 1.28 bits per heavy atom. The van der Waals surface area contributed by atoms with Crippen LogP contribution in [-0.4, -0.2) is 45.0 Å². The third-order valence-corrected chi connectivity index (χ3v) is 3.48. The van der Waals surface area contributed by atoms with Crippen LogP contribution in [0.25, 0.3) is 0 Å². The number of nitrogens with zero attached hydrogens (tertiary/aromatic N) is 1. The quantitative estimate of drug-likeness (QED) is 0.743. The lowest BCUT2D eigenvalue weighted by atomic mass is 9.85. The number of carbonyl (C=O) groups is 1. The highest BCUT2D eigenvalue weighted by Gasteiger charge is 2.34. The minimum atomic E-state index is -0.945. The van der Waals surface area contributed by atoms with Crippen molar-refractivity contribution in [2.75, 3.05) is 13.1 Å². The molecule has 1 aromatic rings. The van der Waals surface area contributed by atoms with E-state index in [1.54, 1.807) is 18.2 Å². The van der Waals surface area contributed by atoms with Crippen LogP contribution in [0.5, 0.6) is 5.75 Å². The van der Waals surface area contributed by atoms with Gasteiger partial charge in [-0.15, -0.1) is 0 Å². The predicted molar refractivity (Wildman–Crippen MR) is 65.6 cm³/mol. The van der Waals surface area contributed by atoms with E-state index in [2.05, 4.69) is 0 Å². The number of aromatic hydroxyl groups is 1. The second kappa shape index (κ2) is 4.86. The monoisotopic (exact) mass is 251 g/mol. The second-order valence-electron chi connectivity index (χ2n) is 4.80. The molecule has 1 aliphatic rings. The molecular weight excluding hydrogens is 234 g/mol. The van der Waals surface area contributed by atoms with E-state index >= 15 is 0 Å². The predicted octanol–water partition coefficient (Wildman–Crippen LogP) is 1.44. The van der Waals surface area contributed by atoms with E-state index in [0.717, 1.165) is 0 Å². The first kappa shape index (κ1) is 12.7. The van der Waals surface area contributed by atoms with Crippen molar-refractivity contribution in [2.24, 2.45) is 0 Å². The van der Waals surface area contributed by atoms with Crippen LogP contribution >= 0.6 is 0 Å². The van der Waals surface area contributed by atoms with Crippen LogP contribution in [0.2, 0.25) is 0 Å². The molecule has 5 nitrogen and oxygen atoms in total. The fraction of sp³-hybridized carbons (Fsp3) is 0.462. The van der Waals surface area contributed by atoms with E-state index in [4.69, 9.17) is 5.11 Å². The van der Waals surface area contributed by atoms with E-state index in [9.17, 15) is 15.0 Å². The molecule has 0 spiro atoms. The Kier molecular flexibility index (Phi) is 3.43. The van der Waals surface area contributed by atoms with Gasteiger partial charge in [0.25, 0.3) is 0 Å². The maximum Gasteiger partial charge on any atom is 0.407 e. The number of aliphatic hydroxyl groups is 1. The summed E-state index contributed by atoms with van der Waals surface area (Å²) in [4.78, 5) is 12.1. The first-order chi connectivity index (χ1) is 8.50. The van der Waals surface area contributed by atoms with Crippen LogP contribution in [0.4, 0.5) is 4.79 Å². The molecule has 1 saturated heterocycles. The summed E-state index contributed by atoms with van der Waals surface area (Å²) < 4.78 is 0. The summed E-state index contributed by atoms with van der Waals surface area (Å²) in [6, 6.07) is 6.91. The van der Waals surface area contributed by atoms with E-state index in [1.807, 2.05) is 6.07 Å². The van der Waals surface area contributed by atoms with Crippen LogP contribution in [0.15, 0.2) is 24.3 Å². The molecule has 0 saturated carbocycles. The van der Waals surface area contributed by atoms with Gasteiger partial charge in [0.15, 0.2) is 0 Å². The molecule has 1 fully saturated rings. The molecule has 0 radical (unpaired) electrons. The number of phenols is 1. The van der Waals surface area contributed by atoms with Crippen LogP contribution in [0.3, 0.4) is 0 Å². The van der Waals surface area contributed by atoms with E-state index in [0.29, 0.717) is 37.9 Å². The van der Waals surface area contributed by atoms with Gasteiger partial charge in [-0.1, -0.05) is 18.2 Å². The molecule has 5 heteroatoms. The van der Waals surface area contributed by atoms with Gasteiger partial charge in [-0.2, -0.15) is 0 Å². The zero-order chi connectivity index (χ0) is 13.2. The zero-order valence-corrected chi connectivity index (χ0v) is 10.0. The Labute approximate surface area is 105 Å². The van der Waals surface area contributed by atoms with Gasteiger partial charge in [-0.3, -0.25) is 0 Å². The number of hydrogen-bond donors (Lipinski definition) is 3. The molecule has 0 bridgehead atoms. The molecule has 0 unspecified atom stereocenters. The number of carboxylic acid groups (broad SMARTS) is 1. The summed E-state index contributed by atoms with van der Waals surface area (Å²) in [6.45, 7) is 0.666. The molecule has 3 N–H and O–H groups in total. The average Bonchev–Trinajstić information content (AvgIpc) is 2.32. The van der Waals surface area contributed by atoms with Crippen molar-refractivity contribution in [1.29, 1.82) is 0 Å². The summed E-state index contributed by atoms with van der Waals surface area (Å²) in [6.07, 6.45) is 0.202. The van der Waals surface area contributed by atoms with Gasteiger partial charge in [0.1, 0.15) is 5.75 Å². The summed E-state index contributed by atoms with van der Waals surface area (Å²) in [5.74, 6) is 0.173. The van der Waals surface area contributed by atoms with Crippen molar-refractivity contribution in [3.05, 3.63) is 29.8 Å². The number of hydrogen-bond acceptors (Lipinski definition) is 3. The van der Waals surface area contributed by atoms with Crippen molar-refractivity contribution in [2.45, 2.75) is 24.9 Å². The smallest absolute Gasteiger partial charge is 0.407 e. The van der Waals surface area contributed by atoms with Gasteiger partial charge in [0.05, 0.1) is 5.60 Å². The van der Waals surface area contributed by atoms with Crippen molar-refractivity contribution < 1.29 is 20.1 Å². The third-order valence-electron chi connectivity index (χ3n) is 3.48. The van der Waals surface area contributed by atoms with Crippen molar-refractivity contribution in [3.8, 4) is 5.75 Å². The minimum absolute atomic E-state index is 0.173. The first-order valence-corrected chi connectivity index (χ1v) is 5.97. The van der Waals surface area contributed by atoms with Crippen LogP contribution < -0.4 is 0 Å². The topological polar surface area (TPSA) is 81.0 Å². The molecule has 1 heterocycles. The van der Waals surface area contributed by atoms with E-state index in [-0.39, 0.29) is 5.75 Å². The number of likely N-dealkylation sites (tertiary alicyclic amines) is 1. The fourth-order valence-electron chi connectivity index (χ4n) is 2.31. The van der Waals surface area contributed by atoms with Gasteiger partial charge < -0.3 is 20.2 Å². The molecule has 1 amide bonds. The minimum Gasteiger partial charge on any atom is -0.508 e. The molecular formula is C13H17NO4. The Hall–Kier alpha value is -1.75. The molecule has 98 valence electrons. The van der Waals surface area contributed by atoms with E-state index in [1.165, 1.54) is 4.90 Å². The number of rotatable bonds is 2. The maximum absolute atomic E-state index is 10.8. The molecule has 1 aromatic carbocycles. The largest absolute Gasteiger partial charge is 0.508 e. The standard InChI is InChI=1S/C13H17NO4/c15-11-4-2-1-3-10(11)9-13(18)5-7-14(8-6-13)12(16)17/h1-4,15,18H,5-9H2,(H,16,17). The molecule has 0 aromatic heterocycles. The lowest BCUT2D eigenvalue weighted by Gasteiger charge is -2.37. The van der Waals surface area contributed by atoms with Crippen molar-refractivity contribution >= 4 is 6.09 Å². The highest BCUT2D eigenvalue weighted by molar-refractivity contribution is 5.65. The Bertz CT molecular complexity index is 438. The summed E-state index contributed by atoms with van der Waals surface area (Å²) >= 11 is 0. The summed E-state index contributed by atoms with van der Waals surface area (Å²) in [5, 5.41) is 28.9. The maximum atomic E-state index is 10.8. The fourth-order valence-corrected chi connectivity index (χ4v) is 2.31. The van der Waals surface area contributed by atoms with Crippen LogP contribution in [0.1, 0.15) is 18.4 Å². The Morgan fingerprint density at radius 3 is 2.44 bits per heavy atom. The normalized spacial score (nSPS) is 18.6. The van der Waals surface area contributed by atoms with Crippen LogP contribution in [-0.2, 0) is 6.42 Å². The van der Waals surface area contributed by atoms with Crippen molar-refractivity contribution in [1.82, 2.24) is 4.90 Å².